The molecule has 1 aromatic carbocycles. The number of hydrogen-bond acceptors (Lipinski definition) is 3. The van der Waals surface area contributed by atoms with Crippen molar-refractivity contribution < 1.29 is 5.11 Å². The Labute approximate surface area is 104 Å². The van der Waals surface area contributed by atoms with Gasteiger partial charge in [0.25, 0.3) is 0 Å². The second-order valence-electron chi connectivity index (χ2n) is 4.65. The summed E-state index contributed by atoms with van der Waals surface area (Å²) in [4.78, 5) is 2.16. The highest BCUT2D eigenvalue weighted by Crippen LogP contribution is 2.10. The molecule has 0 spiro atoms. The molecule has 0 aliphatic rings. The summed E-state index contributed by atoms with van der Waals surface area (Å²) in [5, 5.41) is 12.0. The van der Waals surface area contributed by atoms with Crippen molar-refractivity contribution in [1.29, 1.82) is 0 Å². The second kappa shape index (κ2) is 8.09. The number of aliphatic hydroxyl groups is 1. The van der Waals surface area contributed by atoms with Gasteiger partial charge in [0.1, 0.15) is 0 Å². The smallest absolute Gasteiger partial charge is 0.0431 e. The zero-order chi connectivity index (χ0) is 12.5. The maximum atomic E-state index is 8.66. The third-order valence-corrected chi connectivity index (χ3v) is 2.62. The molecule has 0 amide bonds. The van der Waals surface area contributed by atoms with Gasteiger partial charge in [0.15, 0.2) is 0 Å². The van der Waals surface area contributed by atoms with E-state index in [2.05, 4.69) is 48.6 Å². The summed E-state index contributed by atoms with van der Waals surface area (Å²) in [6.45, 7) is 2.27. The number of unbranched alkanes of at least 4 members (excludes halogenated alkanes) is 2. The first kappa shape index (κ1) is 14.0. The van der Waals surface area contributed by atoms with Crippen LogP contribution in [0.4, 0.5) is 5.69 Å². The second-order valence-corrected chi connectivity index (χ2v) is 4.65. The highest BCUT2D eigenvalue weighted by Gasteiger charge is 1.96. The van der Waals surface area contributed by atoms with E-state index in [9.17, 15) is 0 Å². The van der Waals surface area contributed by atoms with Crippen molar-refractivity contribution in [2.24, 2.45) is 0 Å². The Kier molecular flexibility index (Phi) is 6.67. The summed E-state index contributed by atoms with van der Waals surface area (Å²) in [6, 6.07) is 8.59. The van der Waals surface area contributed by atoms with E-state index < -0.39 is 0 Å². The SMILES string of the molecule is CN(C)Cc1ccc(NCCCCCO)cc1. The molecule has 0 bridgehead atoms. The van der Waals surface area contributed by atoms with E-state index in [0.29, 0.717) is 6.61 Å². The van der Waals surface area contributed by atoms with Crippen molar-refractivity contribution in [3.8, 4) is 0 Å². The Morgan fingerprint density at radius 3 is 2.35 bits per heavy atom. The minimum atomic E-state index is 0.305. The summed E-state index contributed by atoms with van der Waals surface area (Å²) in [5.74, 6) is 0. The minimum absolute atomic E-state index is 0.305. The summed E-state index contributed by atoms with van der Waals surface area (Å²) >= 11 is 0. The van der Waals surface area contributed by atoms with Crippen LogP contribution < -0.4 is 5.32 Å². The van der Waals surface area contributed by atoms with Gasteiger partial charge in [0.05, 0.1) is 0 Å². The molecular weight excluding hydrogens is 212 g/mol. The predicted molar refractivity (Wildman–Crippen MR) is 73.3 cm³/mol. The molecule has 17 heavy (non-hydrogen) atoms. The van der Waals surface area contributed by atoms with E-state index in [-0.39, 0.29) is 0 Å². The maximum Gasteiger partial charge on any atom is 0.0431 e. The van der Waals surface area contributed by atoms with Gasteiger partial charge in [-0.2, -0.15) is 0 Å². The number of hydrogen-bond donors (Lipinski definition) is 2. The molecule has 0 unspecified atom stereocenters. The zero-order valence-corrected chi connectivity index (χ0v) is 10.9. The van der Waals surface area contributed by atoms with Crippen molar-refractivity contribution in [2.45, 2.75) is 25.8 Å². The molecule has 96 valence electrons. The first-order valence-electron chi connectivity index (χ1n) is 6.31. The van der Waals surface area contributed by atoms with Gasteiger partial charge >= 0.3 is 0 Å². The Balaban J connectivity index is 2.25. The van der Waals surface area contributed by atoms with Crippen molar-refractivity contribution in [2.75, 3.05) is 32.6 Å². The summed E-state index contributed by atoms with van der Waals surface area (Å²) in [6.07, 6.45) is 3.10. The zero-order valence-electron chi connectivity index (χ0n) is 10.9. The number of nitrogens with one attached hydrogen (secondary N) is 1. The lowest BCUT2D eigenvalue weighted by Gasteiger charge is -2.11. The lowest BCUT2D eigenvalue weighted by Crippen LogP contribution is -2.10. The molecule has 1 aromatic rings. The van der Waals surface area contributed by atoms with Crippen LogP contribution in [0.25, 0.3) is 0 Å². The van der Waals surface area contributed by atoms with E-state index in [1.807, 2.05) is 0 Å². The first-order chi connectivity index (χ1) is 8.22. The van der Waals surface area contributed by atoms with Gasteiger partial charge in [0, 0.05) is 25.4 Å². The topological polar surface area (TPSA) is 35.5 Å². The number of aliphatic hydroxyl groups excluding tert-OH is 1. The Morgan fingerprint density at radius 2 is 1.76 bits per heavy atom. The van der Waals surface area contributed by atoms with Gasteiger partial charge in [-0.3, -0.25) is 0 Å². The third-order valence-electron chi connectivity index (χ3n) is 2.62. The number of rotatable bonds is 8. The lowest BCUT2D eigenvalue weighted by atomic mass is 10.2. The molecule has 0 aliphatic carbocycles. The Morgan fingerprint density at radius 1 is 1.06 bits per heavy atom. The number of nitrogens with zero attached hydrogens (tertiary/aromatic N) is 1. The van der Waals surface area contributed by atoms with Crippen LogP contribution in [0.5, 0.6) is 0 Å². The molecule has 3 nitrogen and oxygen atoms in total. The van der Waals surface area contributed by atoms with Crippen molar-refractivity contribution in [1.82, 2.24) is 4.90 Å². The van der Waals surface area contributed by atoms with Crippen molar-refractivity contribution in [3.05, 3.63) is 29.8 Å². The summed E-state index contributed by atoms with van der Waals surface area (Å²) in [7, 11) is 4.15. The van der Waals surface area contributed by atoms with Crippen LogP contribution in [0, 0.1) is 0 Å². The third kappa shape index (κ3) is 6.29. The number of benzene rings is 1. The van der Waals surface area contributed by atoms with Crippen LogP contribution in [-0.4, -0.2) is 37.3 Å². The molecule has 0 aromatic heterocycles. The molecule has 2 N–H and O–H groups in total. The van der Waals surface area contributed by atoms with Crippen LogP contribution in [0.1, 0.15) is 24.8 Å². The van der Waals surface area contributed by atoms with E-state index in [4.69, 9.17) is 5.11 Å². The molecule has 0 heterocycles. The van der Waals surface area contributed by atoms with Crippen LogP contribution >= 0.6 is 0 Å². The monoisotopic (exact) mass is 236 g/mol. The average Bonchev–Trinajstić information content (AvgIpc) is 2.30. The fraction of sp³-hybridized carbons (Fsp3) is 0.571. The van der Waals surface area contributed by atoms with Crippen LogP contribution in [0.2, 0.25) is 0 Å². The molecule has 3 heteroatoms. The van der Waals surface area contributed by atoms with Gasteiger partial charge in [-0.25, -0.2) is 0 Å². The van der Waals surface area contributed by atoms with E-state index in [0.717, 1.165) is 32.4 Å². The Bertz CT molecular complexity index is 296. The molecule has 0 saturated carbocycles. The maximum absolute atomic E-state index is 8.66. The van der Waals surface area contributed by atoms with E-state index >= 15 is 0 Å². The highest BCUT2D eigenvalue weighted by atomic mass is 16.2. The Hall–Kier alpha value is -1.06. The molecule has 0 aliphatic heterocycles. The predicted octanol–water partition coefficient (Wildman–Crippen LogP) is 2.32. The van der Waals surface area contributed by atoms with Gasteiger partial charge < -0.3 is 15.3 Å². The summed E-state index contributed by atoms with van der Waals surface area (Å²) in [5.41, 5.74) is 2.51. The highest BCUT2D eigenvalue weighted by molar-refractivity contribution is 5.44. The van der Waals surface area contributed by atoms with Gasteiger partial charge in [-0.05, 0) is 51.1 Å². The molecule has 0 fully saturated rings. The quantitative estimate of drug-likeness (QED) is 0.680. The van der Waals surface area contributed by atoms with Crippen LogP contribution in [0.3, 0.4) is 0 Å². The fourth-order valence-electron chi connectivity index (χ4n) is 1.74. The molecular formula is C14H24N2O. The molecule has 1 rings (SSSR count). The normalized spacial score (nSPS) is 10.8. The van der Waals surface area contributed by atoms with Gasteiger partial charge in [-0.15, -0.1) is 0 Å². The summed E-state index contributed by atoms with van der Waals surface area (Å²) < 4.78 is 0. The minimum Gasteiger partial charge on any atom is -0.396 e. The van der Waals surface area contributed by atoms with E-state index in [1.165, 1.54) is 11.3 Å². The fourth-order valence-corrected chi connectivity index (χ4v) is 1.74. The van der Waals surface area contributed by atoms with Crippen LogP contribution in [-0.2, 0) is 6.54 Å². The van der Waals surface area contributed by atoms with Crippen LogP contribution in [0.15, 0.2) is 24.3 Å². The average molecular weight is 236 g/mol. The van der Waals surface area contributed by atoms with E-state index in [1.54, 1.807) is 0 Å². The molecule has 0 radical (unpaired) electrons. The van der Waals surface area contributed by atoms with Crippen molar-refractivity contribution in [3.63, 3.8) is 0 Å². The van der Waals surface area contributed by atoms with Crippen molar-refractivity contribution >= 4 is 5.69 Å². The number of anilines is 1. The molecule has 0 saturated heterocycles. The standard InChI is InChI=1S/C14H24N2O/c1-16(2)12-13-6-8-14(9-7-13)15-10-4-3-5-11-17/h6-9,15,17H,3-5,10-12H2,1-2H3. The van der Waals surface area contributed by atoms with Gasteiger partial charge in [-0.1, -0.05) is 12.1 Å². The van der Waals surface area contributed by atoms with Gasteiger partial charge in [0.2, 0.25) is 0 Å². The molecule has 0 atom stereocenters. The lowest BCUT2D eigenvalue weighted by molar-refractivity contribution is 0.283. The largest absolute Gasteiger partial charge is 0.396 e. The first-order valence-corrected chi connectivity index (χ1v) is 6.31.